The van der Waals surface area contributed by atoms with E-state index < -0.39 is 16.2 Å². The Morgan fingerprint density at radius 1 is 0.720 bits per heavy atom. The zero-order valence-corrected chi connectivity index (χ0v) is 15.5. The summed E-state index contributed by atoms with van der Waals surface area (Å²) in [6.07, 6.45) is 0.971. The molecular formula is C21H27NO3. The van der Waals surface area contributed by atoms with Gasteiger partial charge in [0.1, 0.15) is 16.2 Å². The van der Waals surface area contributed by atoms with Gasteiger partial charge >= 0.3 is 0 Å². The zero-order chi connectivity index (χ0) is 18.8. The van der Waals surface area contributed by atoms with Crippen LogP contribution in [-0.2, 0) is 14.4 Å². The third-order valence-electron chi connectivity index (χ3n) is 5.90. The molecule has 25 heavy (non-hydrogen) atoms. The van der Waals surface area contributed by atoms with Crippen LogP contribution in [0.4, 0.5) is 0 Å². The maximum atomic E-state index is 13.6. The third-order valence-corrected chi connectivity index (χ3v) is 5.90. The Morgan fingerprint density at radius 2 is 0.960 bits per heavy atom. The standard InChI is InChI=1S/C21H27NO3/c1-13(2)7-19-10-22-11-20(16(19)23,8-14(3)4)18(25)21(12-22,17(19)24)9-15(5)6/h1,3,5,7-12H2,2,4,6H3. The summed E-state index contributed by atoms with van der Waals surface area (Å²) in [4.78, 5) is 42.8. The number of carbonyl (C=O) groups excluding carboxylic acids is 3. The molecule has 4 nitrogen and oxygen atoms in total. The van der Waals surface area contributed by atoms with Crippen LogP contribution in [0.1, 0.15) is 40.0 Å². The van der Waals surface area contributed by atoms with E-state index in [-0.39, 0.29) is 17.3 Å². The van der Waals surface area contributed by atoms with Gasteiger partial charge in [-0.25, -0.2) is 0 Å². The summed E-state index contributed by atoms with van der Waals surface area (Å²) in [5, 5.41) is 0. The summed E-state index contributed by atoms with van der Waals surface area (Å²) in [7, 11) is 0. The van der Waals surface area contributed by atoms with Gasteiger partial charge in [-0.05, 0) is 40.0 Å². The minimum absolute atomic E-state index is 0.200. The first kappa shape index (κ1) is 18.0. The molecular weight excluding hydrogens is 314 g/mol. The van der Waals surface area contributed by atoms with Crippen molar-refractivity contribution in [3.63, 3.8) is 0 Å². The van der Waals surface area contributed by atoms with E-state index in [1.165, 1.54) is 0 Å². The fourth-order valence-corrected chi connectivity index (χ4v) is 5.62. The SMILES string of the molecule is C=C(C)CC12CN3CC(CC(=C)C)(C1=O)C(=O)C(CC(=C)C)(C3)C2=O. The number of hydrogen-bond donors (Lipinski definition) is 0. The molecule has 0 radical (unpaired) electrons. The van der Waals surface area contributed by atoms with E-state index in [1.807, 2.05) is 20.8 Å². The Hall–Kier alpha value is -1.81. The van der Waals surface area contributed by atoms with E-state index in [1.54, 1.807) is 0 Å². The first-order valence-electron chi connectivity index (χ1n) is 8.80. The van der Waals surface area contributed by atoms with Crippen molar-refractivity contribution in [1.29, 1.82) is 0 Å². The lowest BCUT2D eigenvalue weighted by atomic mass is 9.43. The maximum absolute atomic E-state index is 13.6. The van der Waals surface area contributed by atoms with Gasteiger partial charge in [0, 0.05) is 19.6 Å². The average Bonchev–Trinajstić information content (AvgIpc) is 2.46. The summed E-state index contributed by atoms with van der Waals surface area (Å²) in [6.45, 7) is 18.6. The molecule has 1 aliphatic carbocycles. The molecule has 3 aliphatic heterocycles. The molecule has 0 unspecified atom stereocenters. The number of piperidine rings is 3. The molecule has 4 fully saturated rings. The summed E-state index contributed by atoms with van der Waals surface area (Å²) in [6, 6.07) is 0. The highest BCUT2D eigenvalue weighted by atomic mass is 16.2. The summed E-state index contributed by atoms with van der Waals surface area (Å²) in [5.74, 6) is -0.599. The minimum atomic E-state index is -1.14. The molecule has 0 amide bonds. The predicted octanol–water partition coefficient (Wildman–Crippen LogP) is 2.89. The van der Waals surface area contributed by atoms with Crippen LogP contribution in [0, 0.1) is 16.2 Å². The van der Waals surface area contributed by atoms with Crippen molar-refractivity contribution in [3.05, 3.63) is 36.5 Å². The normalized spacial score (nSPS) is 39.0. The van der Waals surface area contributed by atoms with Gasteiger partial charge in [0.2, 0.25) is 0 Å². The fourth-order valence-electron chi connectivity index (χ4n) is 5.62. The Morgan fingerprint density at radius 3 is 1.16 bits per heavy atom. The highest BCUT2D eigenvalue weighted by Crippen LogP contribution is 2.60. The Bertz CT molecular complexity index is 624. The van der Waals surface area contributed by atoms with Crippen molar-refractivity contribution in [2.75, 3.05) is 19.6 Å². The second kappa shape index (κ2) is 5.34. The van der Waals surface area contributed by atoms with Gasteiger partial charge in [0.25, 0.3) is 0 Å². The molecule has 4 heteroatoms. The van der Waals surface area contributed by atoms with Gasteiger partial charge in [-0.15, -0.1) is 19.7 Å². The Kier molecular flexibility index (Phi) is 3.84. The lowest BCUT2D eigenvalue weighted by Crippen LogP contribution is -2.81. The molecule has 0 N–H and O–H groups in total. The highest BCUT2D eigenvalue weighted by molar-refractivity contribution is 6.33. The van der Waals surface area contributed by atoms with Crippen molar-refractivity contribution < 1.29 is 14.4 Å². The average molecular weight is 341 g/mol. The molecule has 4 rings (SSSR count). The third kappa shape index (κ3) is 2.20. The minimum Gasteiger partial charge on any atom is -0.299 e. The van der Waals surface area contributed by atoms with Crippen molar-refractivity contribution in [3.8, 4) is 0 Å². The van der Waals surface area contributed by atoms with E-state index in [2.05, 4.69) is 24.6 Å². The van der Waals surface area contributed by atoms with Crippen molar-refractivity contribution in [1.82, 2.24) is 4.90 Å². The number of Topliss-reactive ketones (excluding diaryl/α,β-unsaturated/α-hetero) is 3. The monoisotopic (exact) mass is 341 g/mol. The molecule has 0 aromatic rings. The lowest BCUT2D eigenvalue weighted by molar-refractivity contribution is -0.192. The number of hydrogen-bond acceptors (Lipinski definition) is 4. The van der Waals surface area contributed by atoms with Crippen LogP contribution in [0.2, 0.25) is 0 Å². The highest BCUT2D eigenvalue weighted by Gasteiger charge is 2.77. The zero-order valence-electron chi connectivity index (χ0n) is 15.5. The van der Waals surface area contributed by atoms with Gasteiger partial charge < -0.3 is 0 Å². The van der Waals surface area contributed by atoms with Crippen LogP contribution >= 0.6 is 0 Å². The number of nitrogens with zero attached hydrogens (tertiary/aromatic N) is 1. The summed E-state index contributed by atoms with van der Waals surface area (Å²) >= 11 is 0. The lowest BCUT2D eigenvalue weighted by Gasteiger charge is -2.64. The maximum Gasteiger partial charge on any atom is 0.163 e. The number of rotatable bonds is 6. The van der Waals surface area contributed by atoms with E-state index in [0.29, 0.717) is 38.9 Å². The first-order chi connectivity index (χ1) is 11.5. The van der Waals surface area contributed by atoms with E-state index >= 15 is 0 Å². The number of ketones is 3. The van der Waals surface area contributed by atoms with E-state index in [4.69, 9.17) is 0 Å². The Labute approximate surface area is 149 Å². The van der Waals surface area contributed by atoms with Crippen LogP contribution in [0.3, 0.4) is 0 Å². The second-order valence-electron chi connectivity index (χ2n) is 8.78. The van der Waals surface area contributed by atoms with Gasteiger partial charge in [0.15, 0.2) is 17.3 Å². The Balaban J connectivity index is 2.24. The molecule has 3 heterocycles. The molecule has 0 aromatic carbocycles. The largest absolute Gasteiger partial charge is 0.299 e. The smallest absolute Gasteiger partial charge is 0.163 e. The van der Waals surface area contributed by atoms with Crippen LogP contribution in [-0.4, -0.2) is 41.9 Å². The quantitative estimate of drug-likeness (QED) is 0.551. The fraction of sp³-hybridized carbons (Fsp3) is 0.571. The van der Waals surface area contributed by atoms with Gasteiger partial charge in [0.05, 0.1) is 0 Å². The molecule has 3 saturated heterocycles. The molecule has 1 saturated carbocycles. The van der Waals surface area contributed by atoms with Gasteiger partial charge in [-0.1, -0.05) is 16.7 Å². The first-order valence-corrected chi connectivity index (χ1v) is 8.80. The van der Waals surface area contributed by atoms with Gasteiger partial charge in [-0.2, -0.15) is 0 Å². The molecule has 4 bridgehead atoms. The van der Waals surface area contributed by atoms with Crippen molar-refractivity contribution >= 4 is 17.3 Å². The number of carbonyl (C=O) groups is 3. The number of allylic oxidation sites excluding steroid dienone is 3. The van der Waals surface area contributed by atoms with E-state index in [0.717, 1.165) is 16.7 Å². The van der Waals surface area contributed by atoms with Gasteiger partial charge in [-0.3, -0.25) is 19.3 Å². The molecule has 4 aliphatic rings. The molecule has 0 spiro atoms. The molecule has 0 aromatic heterocycles. The second-order valence-corrected chi connectivity index (χ2v) is 8.78. The van der Waals surface area contributed by atoms with E-state index in [9.17, 15) is 14.4 Å². The summed E-state index contributed by atoms with van der Waals surface area (Å²) < 4.78 is 0. The molecule has 134 valence electrons. The predicted molar refractivity (Wildman–Crippen MR) is 97.1 cm³/mol. The molecule has 0 atom stereocenters. The van der Waals surface area contributed by atoms with Crippen LogP contribution in [0.25, 0.3) is 0 Å². The van der Waals surface area contributed by atoms with Crippen LogP contribution in [0.15, 0.2) is 36.5 Å². The topological polar surface area (TPSA) is 54.5 Å². The van der Waals surface area contributed by atoms with Crippen molar-refractivity contribution in [2.45, 2.75) is 40.0 Å². The summed E-state index contributed by atoms with van der Waals surface area (Å²) in [5.41, 5.74) is -1.02. The van der Waals surface area contributed by atoms with Crippen molar-refractivity contribution in [2.24, 2.45) is 16.2 Å². The van der Waals surface area contributed by atoms with Crippen LogP contribution < -0.4 is 0 Å². The van der Waals surface area contributed by atoms with Crippen LogP contribution in [0.5, 0.6) is 0 Å².